The summed E-state index contributed by atoms with van der Waals surface area (Å²) in [6.45, 7) is 0.820. The van der Waals surface area contributed by atoms with Gasteiger partial charge in [0.15, 0.2) is 0 Å². The van der Waals surface area contributed by atoms with Crippen LogP contribution in [0, 0.1) is 11.6 Å². The second kappa shape index (κ2) is 9.88. The van der Waals surface area contributed by atoms with Gasteiger partial charge < -0.3 is 15.4 Å². The van der Waals surface area contributed by atoms with Crippen LogP contribution in [0.3, 0.4) is 0 Å². The predicted octanol–water partition coefficient (Wildman–Crippen LogP) is 3.07. The second-order valence-corrected chi connectivity index (χ2v) is 6.22. The number of ether oxygens (including phenoxy) is 1. The molecule has 0 fully saturated rings. The van der Waals surface area contributed by atoms with E-state index in [4.69, 9.17) is 4.74 Å². The highest BCUT2D eigenvalue weighted by molar-refractivity contribution is 8.00. The molecule has 0 aromatic heterocycles. The van der Waals surface area contributed by atoms with E-state index in [-0.39, 0.29) is 17.3 Å². The van der Waals surface area contributed by atoms with Crippen molar-refractivity contribution in [3.63, 3.8) is 0 Å². The van der Waals surface area contributed by atoms with Gasteiger partial charge in [0.2, 0.25) is 5.91 Å². The van der Waals surface area contributed by atoms with Gasteiger partial charge in [-0.15, -0.1) is 11.8 Å². The highest BCUT2D eigenvalue weighted by atomic mass is 32.2. The Labute approximate surface area is 154 Å². The highest BCUT2D eigenvalue weighted by Gasteiger charge is 2.15. The molecule has 0 aliphatic rings. The van der Waals surface area contributed by atoms with Gasteiger partial charge in [-0.1, -0.05) is 12.1 Å². The third-order valence-electron chi connectivity index (χ3n) is 3.30. The van der Waals surface area contributed by atoms with Crippen molar-refractivity contribution in [3.05, 3.63) is 59.7 Å². The molecule has 0 heterocycles. The smallest absolute Gasteiger partial charge is 0.256 e. The molecule has 0 spiro atoms. The van der Waals surface area contributed by atoms with Gasteiger partial charge in [-0.2, -0.15) is 0 Å². The maximum Gasteiger partial charge on any atom is 0.256 e. The standard InChI is InChI=1S/C18H18F2N2O3S/c1-25-9-8-21-17(23)11-26-16-5-3-2-4-13(16)18(24)22-15-7-6-12(19)10-14(15)20/h2-7,10H,8-9,11H2,1H3,(H,21,23)(H,22,24). The molecule has 5 nitrogen and oxygen atoms in total. The lowest BCUT2D eigenvalue weighted by molar-refractivity contribution is -0.118. The number of hydrogen-bond acceptors (Lipinski definition) is 4. The third-order valence-corrected chi connectivity index (χ3v) is 4.37. The Morgan fingerprint density at radius 3 is 2.65 bits per heavy atom. The lowest BCUT2D eigenvalue weighted by atomic mass is 10.2. The minimum Gasteiger partial charge on any atom is -0.383 e. The highest BCUT2D eigenvalue weighted by Crippen LogP contribution is 2.24. The van der Waals surface area contributed by atoms with Gasteiger partial charge in [-0.05, 0) is 24.3 Å². The number of carbonyl (C=O) groups excluding carboxylic acids is 2. The van der Waals surface area contributed by atoms with Gasteiger partial charge in [0, 0.05) is 24.6 Å². The van der Waals surface area contributed by atoms with Crippen molar-refractivity contribution in [3.8, 4) is 0 Å². The largest absolute Gasteiger partial charge is 0.383 e. The van der Waals surface area contributed by atoms with E-state index in [1.165, 1.54) is 11.8 Å². The predicted molar refractivity (Wildman–Crippen MR) is 96.4 cm³/mol. The summed E-state index contributed by atoms with van der Waals surface area (Å²) in [6, 6.07) is 9.58. The summed E-state index contributed by atoms with van der Waals surface area (Å²) in [5, 5.41) is 5.10. The van der Waals surface area contributed by atoms with Gasteiger partial charge >= 0.3 is 0 Å². The van der Waals surface area contributed by atoms with Crippen LogP contribution in [0.25, 0.3) is 0 Å². The Balaban J connectivity index is 2.03. The van der Waals surface area contributed by atoms with Gasteiger partial charge in [-0.3, -0.25) is 9.59 Å². The molecule has 0 saturated carbocycles. The molecule has 2 aromatic rings. The fourth-order valence-electron chi connectivity index (χ4n) is 2.05. The molecule has 0 saturated heterocycles. The Bertz CT molecular complexity index is 787. The van der Waals surface area contributed by atoms with Crippen LogP contribution in [0.2, 0.25) is 0 Å². The van der Waals surface area contributed by atoms with E-state index in [9.17, 15) is 18.4 Å². The molecule has 0 aliphatic carbocycles. The van der Waals surface area contributed by atoms with E-state index in [2.05, 4.69) is 10.6 Å². The number of hydrogen-bond donors (Lipinski definition) is 2. The molecule has 2 N–H and O–H groups in total. The summed E-state index contributed by atoms with van der Waals surface area (Å²) in [4.78, 5) is 24.8. The number of thioether (sulfide) groups is 1. The molecule has 2 rings (SSSR count). The first-order valence-corrected chi connectivity index (χ1v) is 8.73. The van der Waals surface area contributed by atoms with E-state index >= 15 is 0 Å². The Morgan fingerprint density at radius 1 is 1.15 bits per heavy atom. The molecule has 138 valence electrons. The van der Waals surface area contributed by atoms with E-state index in [1.807, 2.05) is 0 Å². The normalized spacial score (nSPS) is 10.4. The van der Waals surface area contributed by atoms with Gasteiger partial charge in [0.05, 0.1) is 23.6 Å². The summed E-state index contributed by atoms with van der Waals surface area (Å²) in [5.41, 5.74) is 0.180. The van der Waals surface area contributed by atoms with Crippen LogP contribution < -0.4 is 10.6 Å². The molecule has 26 heavy (non-hydrogen) atoms. The van der Waals surface area contributed by atoms with Crippen LogP contribution in [-0.2, 0) is 9.53 Å². The van der Waals surface area contributed by atoms with Crippen LogP contribution in [0.1, 0.15) is 10.4 Å². The van der Waals surface area contributed by atoms with E-state index < -0.39 is 17.5 Å². The molecule has 0 radical (unpaired) electrons. The molecule has 0 unspecified atom stereocenters. The Kier molecular flexibility index (Phi) is 7.55. The van der Waals surface area contributed by atoms with Gasteiger partial charge in [0.1, 0.15) is 11.6 Å². The number of benzene rings is 2. The van der Waals surface area contributed by atoms with Crippen LogP contribution in [0.5, 0.6) is 0 Å². The molecule has 2 amide bonds. The average Bonchev–Trinajstić information content (AvgIpc) is 2.62. The molecule has 0 bridgehead atoms. The zero-order valence-corrected chi connectivity index (χ0v) is 14.9. The fraction of sp³-hybridized carbons (Fsp3) is 0.222. The summed E-state index contributed by atoms with van der Waals surface area (Å²) >= 11 is 1.19. The first-order valence-electron chi connectivity index (χ1n) is 7.75. The summed E-state index contributed by atoms with van der Waals surface area (Å²) < 4.78 is 31.5. The Morgan fingerprint density at radius 2 is 1.92 bits per heavy atom. The lowest BCUT2D eigenvalue weighted by Gasteiger charge is -2.11. The van der Waals surface area contributed by atoms with Crippen molar-refractivity contribution in [1.29, 1.82) is 0 Å². The molecule has 0 atom stereocenters. The SMILES string of the molecule is COCCNC(=O)CSc1ccccc1C(=O)Nc1ccc(F)cc1F. The van der Waals surface area contributed by atoms with Crippen LogP contribution in [-0.4, -0.2) is 37.8 Å². The van der Waals surface area contributed by atoms with Crippen molar-refractivity contribution in [1.82, 2.24) is 5.32 Å². The van der Waals surface area contributed by atoms with Gasteiger partial charge in [-0.25, -0.2) is 8.78 Å². The maximum absolute atomic E-state index is 13.7. The van der Waals surface area contributed by atoms with Crippen LogP contribution in [0.15, 0.2) is 47.4 Å². The first kappa shape index (κ1) is 19.9. The Hall–Kier alpha value is -2.45. The monoisotopic (exact) mass is 380 g/mol. The van der Waals surface area contributed by atoms with E-state index in [0.717, 1.165) is 12.1 Å². The number of nitrogens with one attached hydrogen (secondary N) is 2. The van der Waals surface area contributed by atoms with Gasteiger partial charge in [0.25, 0.3) is 5.91 Å². The average molecular weight is 380 g/mol. The molecule has 2 aromatic carbocycles. The molecular weight excluding hydrogens is 362 g/mol. The zero-order chi connectivity index (χ0) is 18.9. The summed E-state index contributed by atoms with van der Waals surface area (Å²) in [7, 11) is 1.54. The van der Waals surface area contributed by atoms with Crippen molar-refractivity contribution in [2.45, 2.75) is 4.90 Å². The summed E-state index contributed by atoms with van der Waals surface area (Å²) in [5.74, 6) is -2.19. The molecular formula is C18H18F2N2O3S. The number of amides is 2. The minimum atomic E-state index is -0.860. The molecule has 0 aliphatic heterocycles. The number of methoxy groups -OCH3 is 1. The number of rotatable bonds is 8. The first-order chi connectivity index (χ1) is 12.5. The second-order valence-electron chi connectivity index (χ2n) is 5.21. The summed E-state index contributed by atoms with van der Waals surface area (Å²) in [6.07, 6.45) is 0. The van der Waals surface area contributed by atoms with Crippen LogP contribution in [0.4, 0.5) is 14.5 Å². The minimum absolute atomic E-state index is 0.117. The van der Waals surface area contributed by atoms with Crippen molar-refractivity contribution in [2.24, 2.45) is 0 Å². The fourth-order valence-corrected chi connectivity index (χ4v) is 2.93. The van der Waals surface area contributed by atoms with Crippen molar-refractivity contribution >= 4 is 29.3 Å². The topological polar surface area (TPSA) is 67.4 Å². The van der Waals surface area contributed by atoms with Crippen molar-refractivity contribution < 1.29 is 23.1 Å². The quantitative estimate of drug-likeness (QED) is 0.546. The number of halogens is 2. The van der Waals surface area contributed by atoms with E-state index in [0.29, 0.717) is 29.7 Å². The van der Waals surface area contributed by atoms with E-state index in [1.54, 1.807) is 31.4 Å². The van der Waals surface area contributed by atoms with Crippen molar-refractivity contribution in [2.75, 3.05) is 31.3 Å². The lowest BCUT2D eigenvalue weighted by Crippen LogP contribution is -2.28. The maximum atomic E-state index is 13.7. The number of anilines is 1. The number of carbonyl (C=O) groups is 2. The zero-order valence-electron chi connectivity index (χ0n) is 14.1. The van der Waals surface area contributed by atoms with Crippen LogP contribution >= 0.6 is 11.8 Å². The molecule has 8 heteroatoms. The third kappa shape index (κ3) is 5.82.